The molecule has 1 unspecified atom stereocenters. The number of anilines is 1. The number of nitriles is 1. The van der Waals surface area contributed by atoms with E-state index in [2.05, 4.69) is 55.7 Å². The van der Waals surface area contributed by atoms with Gasteiger partial charge in [0.05, 0.1) is 24.7 Å². The number of rotatable bonds is 10. The Labute approximate surface area is 209 Å². The van der Waals surface area contributed by atoms with Crippen molar-refractivity contribution in [3.05, 3.63) is 64.2 Å². The van der Waals surface area contributed by atoms with Gasteiger partial charge in [-0.05, 0) is 61.1 Å². The first-order chi connectivity index (χ1) is 16.7. The van der Waals surface area contributed by atoms with Crippen molar-refractivity contribution in [3.8, 4) is 6.07 Å². The Morgan fingerprint density at radius 2 is 1.83 bits per heavy atom. The molecule has 2 aromatic rings. The molecule has 0 radical (unpaired) electrons. The van der Waals surface area contributed by atoms with Crippen LogP contribution in [0.4, 0.5) is 5.69 Å². The van der Waals surface area contributed by atoms with Gasteiger partial charge < -0.3 is 15.1 Å². The van der Waals surface area contributed by atoms with E-state index in [1.165, 1.54) is 16.7 Å². The van der Waals surface area contributed by atoms with Crippen LogP contribution in [-0.2, 0) is 22.4 Å². The molecule has 0 aromatic heterocycles. The molecule has 2 N–H and O–H groups in total. The fourth-order valence-electron chi connectivity index (χ4n) is 4.60. The summed E-state index contributed by atoms with van der Waals surface area (Å²) in [4.78, 5) is 29.6. The van der Waals surface area contributed by atoms with Gasteiger partial charge in [0.1, 0.15) is 0 Å². The van der Waals surface area contributed by atoms with Crippen LogP contribution in [0.25, 0.3) is 0 Å². The van der Waals surface area contributed by atoms with E-state index in [0.29, 0.717) is 24.7 Å². The molecule has 0 spiro atoms. The minimum absolute atomic E-state index is 0.0241. The maximum absolute atomic E-state index is 13.2. The van der Waals surface area contributed by atoms with Crippen LogP contribution in [0.15, 0.2) is 36.4 Å². The number of carbonyl (C=O) groups excluding carboxylic acids is 2. The van der Waals surface area contributed by atoms with Crippen LogP contribution in [0.3, 0.4) is 0 Å². The Hall–Kier alpha value is -3.21. The summed E-state index contributed by atoms with van der Waals surface area (Å²) in [5, 5.41) is 15.7. The van der Waals surface area contributed by atoms with Crippen LogP contribution in [0.2, 0.25) is 0 Å². The second-order valence-electron chi connectivity index (χ2n) is 9.65. The number of nitrogens with zero attached hydrogens (tertiary/aromatic N) is 3. The van der Waals surface area contributed by atoms with Crippen LogP contribution in [0, 0.1) is 25.2 Å². The average Bonchev–Trinajstić information content (AvgIpc) is 3.27. The lowest BCUT2D eigenvalue weighted by atomic mass is 10.1. The van der Waals surface area contributed by atoms with Crippen LogP contribution in [0.5, 0.6) is 0 Å². The first-order valence-electron chi connectivity index (χ1n) is 12.3. The predicted molar refractivity (Wildman–Crippen MR) is 139 cm³/mol. The average molecular weight is 476 g/mol. The monoisotopic (exact) mass is 475 g/mol. The molecule has 0 bridgehead atoms. The van der Waals surface area contributed by atoms with Gasteiger partial charge in [-0.3, -0.25) is 14.9 Å². The zero-order chi connectivity index (χ0) is 25.5. The molecule has 1 atom stereocenters. The van der Waals surface area contributed by atoms with Crippen molar-refractivity contribution in [2.75, 3.05) is 38.1 Å². The molecular weight excluding hydrogens is 438 g/mol. The van der Waals surface area contributed by atoms with Gasteiger partial charge in [0, 0.05) is 37.9 Å². The Balaban J connectivity index is 1.59. The van der Waals surface area contributed by atoms with E-state index in [1.54, 1.807) is 17.0 Å². The minimum atomic E-state index is -0.131. The molecule has 3 rings (SSSR count). The maximum atomic E-state index is 13.2. The standard InChI is InChI=1S/C28H37N5O2/c1-19(2)31-11-12-33(26-13-22(16-29)10-9-21(26)4)28(35)18-30-17-27(34)32(5)24-14-23-8-6-7-20(3)25(23)15-24/h6-10,13,19,24,30-31H,11-12,14-15,17-18H2,1-5H3. The quantitative estimate of drug-likeness (QED) is 0.552. The van der Waals surface area contributed by atoms with Crippen LogP contribution >= 0.6 is 0 Å². The van der Waals surface area contributed by atoms with Gasteiger partial charge in [-0.1, -0.05) is 38.1 Å². The molecule has 0 saturated carbocycles. The lowest BCUT2D eigenvalue weighted by molar-refractivity contribution is -0.130. The van der Waals surface area contributed by atoms with E-state index < -0.39 is 0 Å². The van der Waals surface area contributed by atoms with Crippen molar-refractivity contribution in [3.63, 3.8) is 0 Å². The second kappa shape index (κ2) is 12.0. The lowest BCUT2D eigenvalue weighted by Crippen LogP contribution is -2.46. The third-order valence-corrected chi connectivity index (χ3v) is 6.71. The highest BCUT2D eigenvalue weighted by molar-refractivity contribution is 5.96. The Bertz CT molecular complexity index is 1110. The molecule has 0 aliphatic heterocycles. The number of nitrogens with one attached hydrogen (secondary N) is 2. The molecule has 1 aliphatic rings. The Morgan fingerprint density at radius 3 is 2.51 bits per heavy atom. The predicted octanol–water partition coefficient (Wildman–Crippen LogP) is 2.72. The number of amides is 2. The van der Waals surface area contributed by atoms with Crippen molar-refractivity contribution in [1.29, 1.82) is 5.26 Å². The van der Waals surface area contributed by atoms with Gasteiger partial charge in [-0.15, -0.1) is 0 Å². The van der Waals surface area contributed by atoms with Crippen molar-refractivity contribution in [2.24, 2.45) is 0 Å². The van der Waals surface area contributed by atoms with Gasteiger partial charge in [0.15, 0.2) is 0 Å². The fourth-order valence-corrected chi connectivity index (χ4v) is 4.60. The van der Waals surface area contributed by atoms with Gasteiger partial charge in [-0.25, -0.2) is 0 Å². The van der Waals surface area contributed by atoms with Gasteiger partial charge in [0.25, 0.3) is 0 Å². The smallest absolute Gasteiger partial charge is 0.241 e. The fraction of sp³-hybridized carbons (Fsp3) is 0.464. The summed E-state index contributed by atoms with van der Waals surface area (Å²) >= 11 is 0. The van der Waals surface area contributed by atoms with E-state index in [-0.39, 0.29) is 30.9 Å². The number of aryl methyl sites for hydroxylation is 2. The molecule has 1 aliphatic carbocycles. The zero-order valence-corrected chi connectivity index (χ0v) is 21.5. The molecule has 2 amide bonds. The SMILES string of the molecule is Cc1ccc(C#N)cc1N(CCNC(C)C)C(=O)CNCC(=O)N(C)C1Cc2cccc(C)c2C1. The van der Waals surface area contributed by atoms with Crippen molar-refractivity contribution in [2.45, 2.75) is 52.6 Å². The van der Waals surface area contributed by atoms with Crippen LogP contribution < -0.4 is 15.5 Å². The first-order valence-corrected chi connectivity index (χ1v) is 12.3. The van der Waals surface area contributed by atoms with E-state index in [1.807, 2.05) is 24.9 Å². The van der Waals surface area contributed by atoms with E-state index in [9.17, 15) is 14.9 Å². The molecular formula is C28H37N5O2. The maximum Gasteiger partial charge on any atom is 0.241 e. The normalized spacial score (nSPS) is 14.5. The number of likely N-dealkylation sites (N-methyl/N-ethyl adjacent to an activating group) is 1. The summed E-state index contributed by atoms with van der Waals surface area (Å²) in [5.41, 5.74) is 6.10. The Kier molecular flexibility index (Phi) is 9.02. The molecule has 7 heteroatoms. The van der Waals surface area contributed by atoms with Crippen molar-refractivity contribution >= 4 is 17.5 Å². The van der Waals surface area contributed by atoms with Crippen LogP contribution in [0.1, 0.15) is 41.7 Å². The van der Waals surface area contributed by atoms with E-state index in [4.69, 9.17) is 0 Å². The van der Waals surface area contributed by atoms with E-state index >= 15 is 0 Å². The molecule has 0 fully saturated rings. The highest BCUT2D eigenvalue weighted by Gasteiger charge is 2.28. The number of hydrogen-bond donors (Lipinski definition) is 2. The Morgan fingerprint density at radius 1 is 1.09 bits per heavy atom. The van der Waals surface area contributed by atoms with E-state index in [0.717, 1.165) is 24.1 Å². The summed E-state index contributed by atoms with van der Waals surface area (Å²) in [5.74, 6) is -0.156. The summed E-state index contributed by atoms with van der Waals surface area (Å²) < 4.78 is 0. The number of hydrogen-bond acceptors (Lipinski definition) is 5. The number of carbonyl (C=O) groups is 2. The third-order valence-electron chi connectivity index (χ3n) is 6.71. The molecule has 7 nitrogen and oxygen atoms in total. The largest absolute Gasteiger partial charge is 0.341 e. The van der Waals surface area contributed by atoms with Crippen LogP contribution in [-0.4, -0.2) is 62.0 Å². The van der Waals surface area contributed by atoms with Crippen molar-refractivity contribution < 1.29 is 9.59 Å². The summed E-state index contributed by atoms with van der Waals surface area (Å²) in [6.07, 6.45) is 1.73. The topological polar surface area (TPSA) is 88.5 Å². The number of fused-ring (bicyclic) bond motifs is 1. The van der Waals surface area contributed by atoms with Gasteiger partial charge >= 0.3 is 0 Å². The van der Waals surface area contributed by atoms with Gasteiger partial charge in [0.2, 0.25) is 11.8 Å². The molecule has 186 valence electrons. The second-order valence-corrected chi connectivity index (χ2v) is 9.65. The highest BCUT2D eigenvalue weighted by atomic mass is 16.2. The minimum Gasteiger partial charge on any atom is -0.341 e. The zero-order valence-electron chi connectivity index (χ0n) is 21.5. The molecule has 0 heterocycles. The summed E-state index contributed by atoms with van der Waals surface area (Å²) in [7, 11) is 1.85. The molecule has 2 aromatic carbocycles. The summed E-state index contributed by atoms with van der Waals surface area (Å²) in [6.45, 7) is 9.41. The number of benzene rings is 2. The summed E-state index contributed by atoms with van der Waals surface area (Å²) in [6, 6.07) is 14.3. The molecule has 0 saturated heterocycles. The highest BCUT2D eigenvalue weighted by Crippen LogP contribution is 2.27. The molecule has 35 heavy (non-hydrogen) atoms. The third kappa shape index (κ3) is 6.68. The van der Waals surface area contributed by atoms with Gasteiger partial charge in [-0.2, -0.15) is 5.26 Å². The van der Waals surface area contributed by atoms with Crippen molar-refractivity contribution in [1.82, 2.24) is 15.5 Å². The lowest BCUT2D eigenvalue weighted by Gasteiger charge is -2.27. The first kappa shape index (κ1) is 26.4.